The van der Waals surface area contributed by atoms with Crippen molar-refractivity contribution in [2.45, 2.75) is 13.3 Å². The zero-order valence-corrected chi connectivity index (χ0v) is 8.21. The Bertz CT molecular complexity index is 311. The van der Waals surface area contributed by atoms with E-state index in [2.05, 4.69) is 0 Å². The highest BCUT2D eigenvalue weighted by molar-refractivity contribution is 6.30. The van der Waals surface area contributed by atoms with Gasteiger partial charge in [-0.15, -0.1) is 0 Å². The lowest BCUT2D eigenvalue weighted by atomic mass is 10.1. The first kappa shape index (κ1) is 10.0. The van der Waals surface area contributed by atoms with Gasteiger partial charge in [-0.25, -0.2) is 0 Å². The summed E-state index contributed by atoms with van der Waals surface area (Å²) in [6.07, 6.45) is 4.17. The molecule has 0 amide bonds. The molecule has 0 saturated carbocycles. The van der Waals surface area contributed by atoms with Crippen LogP contribution in [0, 0.1) is 0 Å². The van der Waals surface area contributed by atoms with Crippen molar-refractivity contribution in [2.24, 2.45) is 0 Å². The molecule has 0 fully saturated rings. The molecule has 0 radical (unpaired) electrons. The zero-order valence-electron chi connectivity index (χ0n) is 7.46. The third-order valence-electron chi connectivity index (χ3n) is 1.71. The number of carbonyl (C=O) groups excluding carboxylic acids is 1. The summed E-state index contributed by atoms with van der Waals surface area (Å²) in [4.78, 5) is 11.4. The van der Waals surface area contributed by atoms with Crippen molar-refractivity contribution in [1.29, 1.82) is 0 Å². The van der Waals surface area contributed by atoms with Crippen LogP contribution in [-0.4, -0.2) is 5.78 Å². The third kappa shape index (κ3) is 3.03. The van der Waals surface area contributed by atoms with Crippen LogP contribution in [0.2, 0.25) is 5.02 Å². The van der Waals surface area contributed by atoms with Gasteiger partial charge in [-0.05, 0) is 31.2 Å². The highest BCUT2D eigenvalue weighted by atomic mass is 35.5. The monoisotopic (exact) mass is 194 g/mol. The summed E-state index contributed by atoms with van der Waals surface area (Å²) in [5.41, 5.74) is 0.711. The van der Waals surface area contributed by atoms with Crippen LogP contribution in [0.5, 0.6) is 0 Å². The van der Waals surface area contributed by atoms with Crippen LogP contribution in [0.25, 0.3) is 0 Å². The molecule has 2 heteroatoms. The van der Waals surface area contributed by atoms with E-state index < -0.39 is 0 Å². The van der Waals surface area contributed by atoms with Crippen LogP contribution >= 0.6 is 11.6 Å². The minimum atomic E-state index is 0.120. The van der Waals surface area contributed by atoms with Gasteiger partial charge < -0.3 is 0 Å². The summed E-state index contributed by atoms with van der Waals surface area (Å²) in [5.74, 6) is 0.120. The van der Waals surface area contributed by atoms with E-state index in [9.17, 15) is 4.79 Å². The van der Waals surface area contributed by atoms with Crippen LogP contribution in [0.3, 0.4) is 0 Å². The molecule has 1 nitrogen and oxygen atoms in total. The van der Waals surface area contributed by atoms with Crippen molar-refractivity contribution in [3.8, 4) is 0 Å². The summed E-state index contributed by atoms with van der Waals surface area (Å²) in [6.45, 7) is 1.90. The van der Waals surface area contributed by atoms with E-state index in [1.165, 1.54) is 0 Å². The lowest BCUT2D eigenvalue weighted by molar-refractivity contribution is 0.0996. The lowest BCUT2D eigenvalue weighted by Gasteiger charge is -1.96. The molecule has 13 heavy (non-hydrogen) atoms. The maximum Gasteiger partial charge on any atom is 0.166 e. The van der Waals surface area contributed by atoms with E-state index in [1.807, 2.05) is 19.1 Å². The number of ketones is 1. The summed E-state index contributed by atoms with van der Waals surface area (Å²) in [7, 11) is 0. The van der Waals surface area contributed by atoms with Crippen molar-refractivity contribution in [1.82, 2.24) is 0 Å². The molecule has 68 valence electrons. The molecule has 0 aliphatic rings. The van der Waals surface area contributed by atoms with Gasteiger partial charge in [0.2, 0.25) is 0 Å². The lowest BCUT2D eigenvalue weighted by Crippen LogP contribution is -1.95. The minimum Gasteiger partial charge on any atom is -0.294 e. The third-order valence-corrected chi connectivity index (χ3v) is 1.96. The quantitative estimate of drug-likeness (QED) is 0.532. The summed E-state index contributed by atoms with van der Waals surface area (Å²) in [6, 6.07) is 6.94. The highest BCUT2D eigenvalue weighted by Crippen LogP contribution is 2.11. The van der Waals surface area contributed by atoms with E-state index in [-0.39, 0.29) is 5.78 Å². The number of halogens is 1. The van der Waals surface area contributed by atoms with Gasteiger partial charge in [0.1, 0.15) is 0 Å². The Hall–Kier alpha value is -1.08. The number of carbonyl (C=O) groups is 1. The Balaban J connectivity index is 2.72. The molecule has 0 atom stereocenters. The molecule has 0 aliphatic heterocycles. The number of Topliss-reactive ketones (excluding diaryl/α,β-unsaturated/α-hetero) is 1. The first-order valence-electron chi connectivity index (χ1n) is 4.14. The van der Waals surface area contributed by atoms with Crippen LogP contribution < -0.4 is 0 Å². The van der Waals surface area contributed by atoms with Crippen LogP contribution in [0.4, 0.5) is 0 Å². The van der Waals surface area contributed by atoms with Gasteiger partial charge in [-0.1, -0.05) is 23.8 Å². The van der Waals surface area contributed by atoms with Gasteiger partial charge in [0.25, 0.3) is 0 Å². The van der Waals surface area contributed by atoms with Gasteiger partial charge in [-0.3, -0.25) is 4.79 Å². The average Bonchev–Trinajstić information content (AvgIpc) is 2.15. The molecule has 1 aromatic carbocycles. The van der Waals surface area contributed by atoms with Gasteiger partial charge in [0.05, 0.1) is 0 Å². The van der Waals surface area contributed by atoms with Crippen molar-refractivity contribution >= 4 is 17.4 Å². The van der Waals surface area contributed by atoms with Gasteiger partial charge in [-0.2, -0.15) is 0 Å². The molecule has 0 N–H and O–H groups in total. The van der Waals surface area contributed by atoms with E-state index in [4.69, 9.17) is 11.6 Å². The van der Waals surface area contributed by atoms with E-state index in [1.54, 1.807) is 24.3 Å². The normalized spacial score (nSPS) is 10.6. The summed E-state index contributed by atoms with van der Waals surface area (Å²) < 4.78 is 0. The van der Waals surface area contributed by atoms with Crippen LogP contribution in [0.15, 0.2) is 36.4 Å². The fourth-order valence-electron chi connectivity index (χ4n) is 0.979. The average molecular weight is 195 g/mol. The second kappa shape index (κ2) is 4.83. The maximum atomic E-state index is 11.4. The molecule has 0 spiro atoms. The van der Waals surface area contributed by atoms with Gasteiger partial charge in [0, 0.05) is 17.0 Å². The van der Waals surface area contributed by atoms with Crippen LogP contribution in [0.1, 0.15) is 23.7 Å². The Labute approximate surface area is 83.0 Å². The fourth-order valence-corrected chi connectivity index (χ4v) is 1.10. The van der Waals surface area contributed by atoms with Crippen molar-refractivity contribution < 1.29 is 4.79 Å². The molecule has 0 bridgehead atoms. The second-order valence-corrected chi connectivity index (χ2v) is 3.14. The number of allylic oxidation sites excluding steroid dienone is 2. The van der Waals surface area contributed by atoms with Crippen molar-refractivity contribution in [3.05, 3.63) is 47.0 Å². The predicted octanol–water partition coefficient (Wildman–Crippen LogP) is 3.49. The number of rotatable bonds is 3. The molecule has 0 unspecified atom stereocenters. The van der Waals surface area contributed by atoms with E-state index in [0.717, 1.165) is 0 Å². The second-order valence-electron chi connectivity index (χ2n) is 2.70. The standard InChI is InChI=1S/C11H11ClO/c1-2-3-4-11(13)9-5-7-10(12)8-6-9/h2-3,5-8H,4H2,1H3/b3-2+. The first-order chi connectivity index (χ1) is 6.24. The van der Waals surface area contributed by atoms with Gasteiger partial charge in [0.15, 0.2) is 5.78 Å². The molecular formula is C11H11ClO. The molecule has 0 aliphatic carbocycles. The Morgan fingerprint density at radius 1 is 1.38 bits per heavy atom. The Morgan fingerprint density at radius 2 is 2.00 bits per heavy atom. The predicted molar refractivity (Wildman–Crippen MR) is 55.2 cm³/mol. The molecule has 0 heterocycles. The smallest absolute Gasteiger partial charge is 0.166 e. The molecule has 1 rings (SSSR count). The molecule has 0 saturated heterocycles. The molecular weight excluding hydrogens is 184 g/mol. The van der Waals surface area contributed by atoms with E-state index >= 15 is 0 Å². The van der Waals surface area contributed by atoms with Crippen LogP contribution in [-0.2, 0) is 0 Å². The minimum absolute atomic E-state index is 0.120. The van der Waals surface area contributed by atoms with E-state index in [0.29, 0.717) is 17.0 Å². The fraction of sp³-hybridized carbons (Fsp3) is 0.182. The number of benzene rings is 1. The SMILES string of the molecule is C/C=C/CC(=O)c1ccc(Cl)cc1. The number of hydrogen-bond acceptors (Lipinski definition) is 1. The summed E-state index contributed by atoms with van der Waals surface area (Å²) >= 11 is 5.70. The summed E-state index contributed by atoms with van der Waals surface area (Å²) in [5, 5.41) is 0.655. The molecule has 1 aromatic rings. The highest BCUT2D eigenvalue weighted by Gasteiger charge is 2.01. The Kier molecular flexibility index (Phi) is 3.71. The van der Waals surface area contributed by atoms with Crippen molar-refractivity contribution in [3.63, 3.8) is 0 Å². The first-order valence-corrected chi connectivity index (χ1v) is 4.51. The van der Waals surface area contributed by atoms with Crippen molar-refractivity contribution in [2.75, 3.05) is 0 Å². The molecule has 0 aromatic heterocycles. The Morgan fingerprint density at radius 3 is 2.54 bits per heavy atom. The maximum absolute atomic E-state index is 11.4. The zero-order chi connectivity index (χ0) is 9.68. The number of hydrogen-bond donors (Lipinski definition) is 0. The van der Waals surface area contributed by atoms with Gasteiger partial charge >= 0.3 is 0 Å². The topological polar surface area (TPSA) is 17.1 Å². The largest absolute Gasteiger partial charge is 0.294 e.